The van der Waals surface area contributed by atoms with Crippen LogP contribution in [0.5, 0.6) is 0 Å². The number of nitrogen functional groups attached to an aromatic ring is 3. The van der Waals surface area contributed by atoms with Crippen molar-refractivity contribution in [2.75, 3.05) is 17.2 Å². The van der Waals surface area contributed by atoms with Gasteiger partial charge in [-0.2, -0.15) is 5.26 Å². The standard InChI is InChI=1S/C15H15N7O2S/c16-5-6-12(19)13(25-14(6)20)15(23)22-21-8-2-1-3-9-11(8)7(17)4-10(18)24-9/h3-4,18,21H,1-2,17,19-20H2,(H,22,23). The maximum atomic E-state index is 12.3. The number of nitrogens with one attached hydrogen (secondary N) is 3. The first kappa shape index (κ1) is 16.4. The first-order valence-corrected chi connectivity index (χ1v) is 8.05. The fourth-order valence-corrected chi connectivity index (χ4v) is 3.39. The van der Waals surface area contributed by atoms with Gasteiger partial charge in [-0.05, 0) is 18.9 Å². The van der Waals surface area contributed by atoms with Crippen molar-refractivity contribution in [3.05, 3.63) is 32.7 Å². The van der Waals surface area contributed by atoms with Crippen LogP contribution in [0.4, 0.5) is 16.4 Å². The predicted molar refractivity (Wildman–Crippen MR) is 93.8 cm³/mol. The summed E-state index contributed by atoms with van der Waals surface area (Å²) in [4.78, 5) is 12.5. The Balaban J connectivity index is 1.91. The topological polar surface area (TPSA) is 180 Å². The maximum Gasteiger partial charge on any atom is 0.281 e. The van der Waals surface area contributed by atoms with Crippen LogP contribution in [0.25, 0.3) is 11.8 Å². The summed E-state index contributed by atoms with van der Waals surface area (Å²) in [6, 6.07) is 3.28. The van der Waals surface area contributed by atoms with Crippen molar-refractivity contribution in [2.45, 2.75) is 12.8 Å². The lowest BCUT2D eigenvalue weighted by atomic mass is 10.1. The fraction of sp³-hybridized carbons (Fsp3) is 0.133. The van der Waals surface area contributed by atoms with Crippen molar-refractivity contribution in [3.63, 3.8) is 0 Å². The Labute approximate surface area is 145 Å². The molecular formula is C15H15N7O2S. The van der Waals surface area contributed by atoms with Crippen molar-refractivity contribution in [3.8, 4) is 6.07 Å². The average Bonchev–Trinajstić information content (AvgIpc) is 2.86. The largest absolute Gasteiger partial charge is 0.439 e. The monoisotopic (exact) mass is 357 g/mol. The van der Waals surface area contributed by atoms with E-state index in [0.29, 0.717) is 34.9 Å². The number of rotatable bonds is 3. The number of nitriles is 1. The Bertz CT molecular complexity index is 1090. The van der Waals surface area contributed by atoms with Gasteiger partial charge in [0, 0.05) is 17.5 Å². The van der Waals surface area contributed by atoms with Gasteiger partial charge in [0.1, 0.15) is 26.9 Å². The molecule has 1 amide bonds. The molecule has 0 aromatic carbocycles. The van der Waals surface area contributed by atoms with E-state index in [0.717, 1.165) is 11.3 Å². The van der Waals surface area contributed by atoms with Gasteiger partial charge in [-0.25, -0.2) is 0 Å². The number of anilines is 3. The van der Waals surface area contributed by atoms with Crippen LogP contribution in [0.1, 0.15) is 28.1 Å². The highest BCUT2D eigenvalue weighted by atomic mass is 32.1. The van der Waals surface area contributed by atoms with Crippen LogP contribution in [-0.2, 0) is 0 Å². The lowest BCUT2D eigenvalue weighted by molar-refractivity contribution is 0.0946. The van der Waals surface area contributed by atoms with Crippen molar-refractivity contribution in [2.24, 2.45) is 0 Å². The van der Waals surface area contributed by atoms with E-state index in [4.69, 9.17) is 32.3 Å². The molecule has 2 aromatic rings. The van der Waals surface area contributed by atoms with Gasteiger partial charge in [0.2, 0.25) is 5.55 Å². The molecule has 10 heteroatoms. The van der Waals surface area contributed by atoms with Crippen molar-refractivity contribution in [1.29, 1.82) is 10.7 Å². The molecule has 0 spiro atoms. The zero-order chi connectivity index (χ0) is 18.1. The number of nitrogens with two attached hydrogens (primary N) is 3. The van der Waals surface area contributed by atoms with Crippen LogP contribution in [0.3, 0.4) is 0 Å². The number of fused-ring (bicyclic) bond motifs is 1. The van der Waals surface area contributed by atoms with Crippen LogP contribution >= 0.6 is 11.3 Å². The molecule has 25 heavy (non-hydrogen) atoms. The van der Waals surface area contributed by atoms with Crippen molar-refractivity contribution >= 4 is 45.4 Å². The smallest absolute Gasteiger partial charge is 0.281 e. The van der Waals surface area contributed by atoms with Gasteiger partial charge in [-0.3, -0.25) is 15.6 Å². The minimum Gasteiger partial charge on any atom is -0.439 e. The van der Waals surface area contributed by atoms with E-state index in [1.807, 2.05) is 12.1 Å². The second-order valence-electron chi connectivity index (χ2n) is 5.30. The molecule has 0 bridgehead atoms. The molecule has 0 saturated heterocycles. The molecule has 128 valence electrons. The lowest BCUT2D eigenvalue weighted by Crippen LogP contribution is -2.44. The summed E-state index contributed by atoms with van der Waals surface area (Å²) >= 11 is 0.946. The van der Waals surface area contributed by atoms with Gasteiger partial charge in [0.15, 0.2) is 0 Å². The van der Waals surface area contributed by atoms with Gasteiger partial charge in [0.25, 0.3) is 5.91 Å². The summed E-state index contributed by atoms with van der Waals surface area (Å²) in [6.45, 7) is 0. The third kappa shape index (κ3) is 2.88. The molecule has 0 fully saturated rings. The molecule has 9 nitrogen and oxygen atoms in total. The summed E-state index contributed by atoms with van der Waals surface area (Å²) in [5.41, 5.74) is 24.5. The van der Waals surface area contributed by atoms with Crippen LogP contribution in [-0.4, -0.2) is 5.91 Å². The van der Waals surface area contributed by atoms with E-state index in [9.17, 15) is 4.79 Å². The SMILES string of the molecule is N#Cc1c(N)sc(C(=O)NNC2=c3c(N)cc(=N)oc3=CCC2)c1N. The molecule has 3 rings (SSSR count). The molecule has 0 radical (unpaired) electrons. The Morgan fingerprint density at radius 1 is 1.40 bits per heavy atom. The molecule has 1 aliphatic rings. The van der Waals surface area contributed by atoms with Gasteiger partial charge in [-0.15, -0.1) is 11.3 Å². The van der Waals surface area contributed by atoms with Crippen LogP contribution in [0, 0.1) is 16.7 Å². The normalized spacial score (nSPS) is 12.7. The Kier molecular flexibility index (Phi) is 4.08. The second-order valence-corrected chi connectivity index (χ2v) is 6.35. The van der Waals surface area contributed by atoms with E-state index in [2.05, 4.69) is 10.9 Å². The van der Waals surface area contributed by atoms with E-state index in [1.165, 1.54) is 6.07 Å². The number of carbonyl (C=O) groups excluding carboxylic acids is 1. The molecule has 0 saturated carbocycles. The number of amides is 1. The van der Waals surface area contributed by atoms with Crippen LogP contribution in [0.15, 0.2) is 10.5 Å². The summed E-state index contributed by atoms with van der Waals surface area (Å²) < 4.78 is 5.34. The van der Waals surface area contributed by atoms with E-state index < -0.39 is 5.91 Å². The highest BCUT2D eigenvalue weighted by Crippen LogP contribution is 2.32. The molecule has 2 heterocycles. The second kappa shape index (κ2) is 6.21. The maximum absolute atomic E-state index is 12.3. The molecule has 2 aromatic heterocycles. The third-order valence-corrected chi connectivity index (χ3v) is 4.72. The third-order valence-electron chi connectivity index (χ3n) is 3.68. The molecule has 1 aliphatic carbocycles. The quantitative estimate of drug-likeness (QED) is 0.383. The summed E-state index contributed by atoms with van der Waals surface area (Å²) in [6.07, 6.45) is 3.12. The van der Waals surface area contributed by atoms with E-state index >= 15 is 0 Å². The molecule has 0 atom stereocenters. The first-order valence-electron chi connectivity index (χ1n) is 7.24. The zero-order valence-electron chi connectivity index (χ0n) is 13.0. The highest BCUT2D eigenvalue weighted by Gasteiger charge is 2.20. The van der Waals surface area contributed by atoms with Crippen LogP contribution < -0.4 is 44.2 Å². The number of hydrazine groups is 1. The summed E-state index contributed by atoms with van der Waals surface area (Å²) in [7, 11) is 0. The zero-order valence-corrected chi connectivity index (χ0v) is 13.8. The van der Waals surface area contributed by atoms with Gasteiger partial charge in [0.05, 0.1) is 10.9 Å². The summed E-state index contributed by atoms with van der Waals surface area (Å²) in [5, 5.41) is 17.4. The Morgan fingerprint density at radius 2 is 2.16 bits per heavy atom. The Hall–Kier alpha value is -3.45. The van der Waals surface area contributed by atoms with Crippen molar-refractivity contribution in [1.82, 2.24) is 10.9 Å². The molecule has 0 unspecified atom stereocenters. The van der Waals surface area contributed by atoms with E-state index in [-0.39, 0.29) is 26.7 Å². The fourth-order valence-electron chi connectivity index (χ4n) is 2.55. The number of carbonyl (C=O) groups is 1. The first-order chi connectivity index (χ1) is 11.9. The van der Waals surface area contributed by atoms with Gasteiger partial charge in [-0.1, -0.05) is 0 Å². The predicted octanol–water partition coefficient (Wildman–Crippen LogP) is -0.944. The average molecular weight is 357 g/mol. The van der Waals surface area contributed by atoms with Crippen molar-refractivity contribution < 1.29 is 9.21 Å². The molecule has 0 aliphatic heterocycles. The molecule has 9 N–H and O–H groups in total. The highest BCUT2D eigenvalue weighted by molar-refractivity contribution is 7.18. The van der Waals surface area contributed by atoms with Gasteiger partial charge < -0.3 is 27.0 Å². The minimum atomic E-state index is -0.507. The van der Waals surface area contributed by atoms with E-state index in [1.54, 1.807) is 0 Å². The summed E-state index contributed by atoms with van der Waals surface area (Å²) in [5.74, 6) is -0.507. The Morgan fingerprint density at radius 3 is 2.84 bits per heavy atom. The molecular weight excluding hydrogens is 342 g/mol. The number of hydrogen-bond donors (Lipinski definition) is 6. The number of nitrogens with zero attached hydrogens (tertiary/aromatic N) is 1. The minimum absolute atomic E-state index is 0.0383. The number of hydrogen-bond acceptors (Lipinski definition) is 9. The lowest BCUT2D eigenvalue weighted by Gasteiger charge is -2.15. The number of thiophene rings is 1. The van der Waals surface area contributed by atoms with Gasteiger partial charge >= 0.3 is 0 Å². The van der Waals surface area contributed by atoms with Crippen LogP contribution in [0.2, 0.25) is 0 Å².